The van der Waals surface area contributed by atoms with Gasteiger partial charge < -0.3 is 14.1 Å². The van der Waals surface area contributed by atoms with Gasteiger partial charge in [-0.2, -0.15) is 0 Å². The molecule has 2 aromatic heterocycles. The molecular weight excluding hydrogens is 384 g/mol. The fourth-order valence-corrected chi connectivity index (χ4v) is 3.83. The fraction of sp³-hybridized carbons (Fsp3) is 0.364. The number of nitrogens with zero attached hydrogens (tertiary/aromatic N) is 4. The van der Waals surface area contributed by atoms with Gasteiger partial charge in [0.15, 0.2) is 0 Å². The zero-order chi connectivity index (χ0) is 20.9. The average Bonchev–Trinajstić information content (AvgIpc) is 3.24. The van der Waals surface area contributed by atoms with E-state index >= 15 is 0 Å². The molecule has 1 saturated heterocycles. The summed E-state index contributed by atoms with van der Waals surface area (Å²) in [7, 11) is 1.64. The van der Waals surface area contributed by atoms with Gasteiger partial charge in [0.1, 0.15) is 24.1 Å². The van der Waals surface area contributed by atoms with E-state index in [1.54, 1.807) is 30.5 Å². The third-order valence-corrected chi connectivity index (χ3v) is 5.33. The number of rotatable bonds is 6. The summed E-state index contributed by atoms with van der Waals surface area (Å²) in [5.74, 6) is 1.91. The SMILES string of the molecule is COc1ccccc1Cc1cnc([C@@H]2CCCCN2C(=O)Cn2cccnc2=O)o1. The normalized spacial score (nSPS) is 16.4. The van der Waals surface area contributed by atoms with Crippen LogP contribution in [-0.2, 0) is 17.8 Å². The second kappa shape index (κ2) is 8.94. The number of carbonyl (C=O) groups excluding carboxylic acids is 1. The van der Waals surface area contributed by atoms with Crippen molar-refractivity contribution in [1.82, 2.24) is 19.4 Å². The molecule has 0 bridgehead atoms. The van der Waals surface area contributed by atoms with Crippen molar-refractivity contribution >= 4 is 5.91 Å². The molecule has 30 heavy (non-hydrogen) atoms. The average molecular weight is 408 g/mol. The first kappa shape index (κ1) is 19.9. The molecule has 156 valence electrons. The van der Waals surface area contributed by atoms with Crippen LogP contribution in [0.15, 0.2) is 58.1 Å². The Hall–Kier alpha value is -3.42. The highest BCUT2D eigenvalue weighted by molar-refractivity contribution is 5.76. The van der Waals surface area contributed by atoms with Crippen LogP contribution in [0.4, 0.5) is 0 Å². The van der Waals surface area contributed by atoms with Gasteiger partial charge >= 0.3 is 5.69 Å². The topological polar surface area (TPSA) is 90.5 Å². The number of carbonyl (C=O) groups is 1. The standard InChI is InChI=1S/C22H24N4O4/c1-29-19-9-3-2-7-16(19)13-17-14-24-21(30-17)18-8-4-5-12-26(18)20(27)15-25-11-6-10-23-22(25)28/h2-3,6-7,9-11,14,18H,4-5,8,12-13,15H2,1H3/t18-/m0/s1. The molecule has 0 spiro atoms. The van der Waals surface area contributed by atoms with Gasteiger partial charge in [-0.05, 0) is 31.4 Å². The van der Waals surface area contributed by atoms with Gasteiger partial charge in [0.2, 0.25) is 11.8 Å². The number of para-hydroxylation sites is 1. The lowest BCUT2D eigenvalue weighted by molar-refractivity contribution is -0.136. The third kappa shape index (κ3) is 4.27. The van der Waals surface area contributed by atoms with Crippen molar-refractivity contribution in [1.29, 1.82) is 0 Å². The Bertz CT molecular complexity index is 1070. The second-order valence-corrected chi connectivity index (χ2v) is 7.28. The smallest absolute Gasteiger partial charge is 0.347 e. The summed E-state index contributed by atoms with van der Waals surface area (Å²) < 4.78 is 12.8. The lowest BCUT2D eigenvalue weighted by Crippen LogP contribution is -2.42. The molecule has 0 radical (unpaired) electrons. The zero-order valence-corrected chi connectivity index (χ0v) is 16.9. The molecule has 1 aliphatic rings. The Labute approximate surface area is 174 Å². The molecule has 4 rings (SSSR count). The highest BCUT2D eigenvalue weighted by atomic mass is 16.5. The number of oxazole rings is 1. The van der Waals surface area contributed by atoms with Crippen molar-refractivity contribution in [2.75, 3.05) is 13.7 Å². The molecule has 8 nitrogen and oxygen atoms in total. The molecular formula is C22H24N4O4. The first-order valence-electron chi connectivity index (χ1n) is 10.0. The third-order valence-electron chi connectivity index (χ3n) is 5.33. The van der Waals surface area contributed by atoms with E-state index in [0.717, 1.165) is 36.3 Å². The highest BCUT2D eigenvalue weighted by Gasteiger charge is 2.31. The van der Waals surface area contributed by atoms with Crippen molar-refractivity contribution in [3.8, 4) is 5.75 Å². The van der Waals surface area contributed by atoms with Crippen molar-refractivity contribution < 1.29 is 13.9 Å². The van der Waals surface area contributed by atoms with Gasteiger partial charge in [-0.3, -0.25) is 9.36 Å². The van der Waals surface area contributed by atoms with E-state index in [0.29, 0.717) is 18.9 Å². The van der Waals surface area contributed by atoms with Crippen LogP contribution in [0.2, 0.25) is 0 Å². The Morgan fingerprint density at radius 2 is 2.10 bits per heavy atom. The van der Waals surface area contributed by atoms with Crippen LogP contribution in [0.1, 0.15) is 42.5 Å². The van der Waals surface area contributed by atoms with Gasteiger partial charge in [0, 0.05) is 30.9 Å². The number of benzene rings is 1. The number of ether oxygens (including phenoxy) is 1. The van der Waals surface area contributed by atoms with Crippen molar-refractivity contribution in [3.05, 3.63) is 76.6 Å². The van der Waals surface area contributed by atoms with Crippen LogP contribution in [0.3, 0.4) is 0 Å². The van der Waals surface area contributed by atoms with Crippen LogP contribution in [-0.4, -0.2) is 39.0 Å². The van der Waals surface area contributed by atoms with Crippen LogP contribution in [0.25, 0.3) is 0 Å². The molecule has 1 atom stereocenters. The quantitative estimate of drug-likeness (QED) is 0.623. The summed E-state index contributed by atoms with van der Waals surface area (Å²) in [5, 5.41) is 0. The number of piperidine rings is 1. The van der Waals surface area contributed by atoms with Gasteiger partial charge in [-0.1, -0.05) is 18.2 Å². The first-order valence-corrected chi connectivity index (χ1v) is 10.0. The van der Waals surface area contributed by atoms with E-state index in [4.69, 9.17) is 9.15 Å². The lowest BCUT2D eigenvalue weighted by atomic mass is 10.0. The number of aromatic nitrogens is 3. The molecule has 0 unspecified atom stereocenters. The molecule has 1 fully saturated rings. The van der Waals surface area contributed by atoms with Gasteiger partial charge in [0.05, 0.1) is 13.3 Å². The van der Waals surface area contributed by atoms with Crippen molar-refractivity contribution in [2.24, 2.45) is 0 Å². The van der Waals surface area contributed by atoms with Gasteiger partial charge in [-0.15, -0.1) is 0 Å². The maximum Gasteiger partial charge on any atom is 0.347 e. The minimum Gasteiger partial charge on any atom is -0.496 e. The van der Waals surface area contributed by atoms with E-state index < -0.39 is 5.69 Å². The minimum absolute atomic E-state index is 0.0437. The lowest BCUT2D eigenvalue weighted by Gasteiger charge is -2.33. The number of hydrogen-bond donors (Lipinski definition) is 0. The summed E-state index contributed by atoms with van der Waals surface area (Å²) in [6.45, 7) is 0.570. The maximum absolute atomic E-state index is 12.9. The Morgan fingerprint density at radius 1 is 1.23 bits per heavy atom. The minimum atomic E-state index is -0.436. The summed E-state index contributed by atoms with van der Waals surface area (Å²) >= 11 is 0. The fourth-order valence-electron chi connectivity index (χ4n) is 3.83. The van der Waals surface area contributed by atoms with Gasteiger partial charge in [-0.25, -0.2) is 14.8 Å². The predicted molar refractivity (Wildman–Crippen MR) is 109 cm³/mol. The molecule has 0 N–H and O–H groups in total. The highest BCUT2D eigenvalue weighted by Crippen LogP contribution is 2.31. The Balaban J connectivity index is 1.51. The summed E-state index contributed by atoms with van der Waals surface area (Å²) in [6.07, 6.45) is 7.95. The van der Waals surface area contributed by atoms with E-state index in [1.165, 1.54) is 10.8 Å². The summed E-state index contributed by atoms with van der Waals surface area (Å²) in [6, 6.07) is 9.19. The Morgan fingerprint density at radius 3 is 2.93 bits per heavy atom. The number of methoxy groups -OCH3 is 1. The molecule has 0 saturated carbocycles. The second-order valence-electron chi connectivity index (χ2n) is 7.28. The van der Waals surface area contributed by atoms with E-state index in [9.17, 15) is 9.59 Å². The molecule has 1 amide bonds. The van der Waals surface area contributed by atoms with Crippen LogP contribution in [0, 0.1) is 0 Å². The maximum atomic E-state index is 12.9. The largest absolute Gasteiger partial charge is 0.496 e. The molecule has 1 aromatic carbocycles. The molecule has 0 aliphatic carbocycles. The summed E-state index contributed by atoms with van der Waals surface area (Å²) in [5.41, 5.74) is 0.574. The molecule has 1 aliphatic heterocycles. The van der Waals surface area contributed by atoms with Crippen LogP contribution in [0.5, 0.6) is 5.75 Å². The first-order chi connectivity index (χ1) is 14.7. The van der Waals surface area contributed by atoms with Crippen LogP contribution < -0.4 is 10.4 Å². The number of hydrogen-bond acceptors (Lipinski definition) is 6. The monoisotopic (exact) mass is 408 g/mol. The van der Waals surface area contributed by atoms with E-state index in [2.05, 4.69) is 9.97 Å². The van der Waals surface area contributed by atoms with Crippen molar-refractivity contribution in [2.45, 2.75) is 38.3 Å². The van der Waals surface area contributed by atoms with Gasteiger partial charge in [0.25, 0.3) is 0 Å². The van der Waals surface area contributed by atoms with Crippen LogP contribution >= 0.6 is 0 Å². The van der Waals surface area contributed by atoms with E-state index in [-0.39, 0.29) is 18.5 Å². The number of amides is 1. The summed E-state index contributed by atoms with van der Waals surface area (Å²) in [4.78, 5) is 34.7. The number of likely N-dealkylation sites (tertiary alicyclic amines) is 1. The molecule has 3 heterocycles. The zero-order valence-electron chi connectivity index (χ0n) is 16.9. The van der Waals surface area contributed by atoms with E-state index in [1.807, 2.05) is 24.3 Å². The predicted octanol–water partition coefficient (Wildman–Crippen LogP) is 2.58. The van der Waals surface area contributed by atoms with Crippen molar-refractivity contribution in [3.63, 3.8) is 0 Å². The molecule has 8 heteroatoms. The molecule has 3 aromatic rings. The Kier molecular flexibility index (Phi) is 5.92.